The Kier molecular flexibility index (Phi) is 7.29. The highest BCUT2D eigenvalue weighted by atomic mass is 32.2. The summed E-state index contributed by atoms with van der Waals surface area (Å²) in [5, 5.41) is 2.05. The smallest absolute Gasteiger partial charge is 0.369 e. The number of rotatable bonds is 5. The number of alkyl halides is 3. The lowest BCUT2D eigenvalue weighted by Crippen LogP contribution is -2.48. The number of para-hydroxylation sites is 1. The van der Waals surface area contributed by atoms with Gasteiger partial charge in [0.05, 0.1) is 21.7 Å². The van der Waals surface area contributed by atoms with Crippen molar-refractivity contribution in [3.8, 4) is 0 Å². The van der Waals surface area contributed by atoms with Crippen LogP contribution in [-0.4, -0.2) is 44.8 Å². The molecule has 0 aliphatic carbocycles. The summed E-state index contributed by atoms with van der Waals surface area (Å²) in [4.78, 5) is 14.5. The largest absolute Gasteiger partial charge is 0.418 e. The van der Waals surface area contributed by atoms with Gasteiger partial charge in [-0.2, -0.15) is 17.5 Å². The number of nitrogens with zero attached hydrogens (tertiary/aromatic N) is 2. The molecule has 4 rings (SSSR count). The number of sulfonamides is 1. The van der Waals surface area contributed by atoms with Gasteiger partial charge in [0.2, 0.25) is 10.0 Å². The van der Waals surface area contributed by atoms with Crippen LogP contribution in [-0.2, 0) is 16.2 Å². The lowest BCUT2D eigenvalue weighted by atomic mass is 10.1. The van der Waals surface area contributed by atoms with Gasteiger partial charge in [-0.15, -0.1) is 0 Å². The van der Waals surface area contributed by atoms with Crippen LogP contribution in [0.2, 0.25) is 0 Å². The fraction of sp³-hybridized carbons (Fsp3) is 0.269. The number of halogens is 4. The Labute approximate surface area is 212 Å². The molecule has 0 atom stereocenters. The zero-order valence-electron chi connectivity index (χ0n) is 20.1. The Balaban J connectivity index is 1.54. The molecule has 0 unspecified atom stereocenters. The third-order valence-corrected chi connectivity index (χ3v) is 8.14. The van der Waals surface area contributed by atoms with E-state index in [2.05, 4.69) is 10.2 Å². The molecule has 1 aliphatic heterocycles. The zero-order chi connectivity index (χ0) is 27.0. The van der Waals surface area contributed by atoms with Crippen molar-refractivity contribution >= 4 is 27.3 Å². The fourth-order valence-electron chi connectivity index (χ4n) is 4.25. The van der Waals surface area contributed by atoms with Gasteiger partial charge >= 0.3 is 6.18 Å². The molecule has 0 radical (unpaired) electrons. The van der Waals surface area contributed by atoms with Crippen molar-refractivity contribution in [3.05, 3.63) is 88.7 Å². The summed E-state index contributed by atoms with van der Waals surface area (Å²) >= 11 is 0. The van der Waals surface area contributed by atoms with Crippen molar-refractivity contribution in [1.82, 2.24) is 4.31 Å². The van der Waals surface area contributed by atoms with Crippen LogP contribution in [0.5, 0.6) is 0 Å². The average Bonchev–Trinajstić information content (AvgIpc) is 2.85. The van der Waals surface area contributed by atoms with E-state index in [0.717, 1.165) is 53.2 Å². The lowest BCUT2D eigenvalue weighted by molar-refractivity contribution is -0.136. The molecule has 11 heteroatoms. The zero-order valence-corrected chi connectivity index (χ0v) is 21.0. The first-order valence-corrected chi connectivity index (χ1v) is 12.9. The quantitative estimate of drug-likeness (QED) is 0.455. The molecule has 1 amide bonds. The van der Waals surface area contributed by atoms with E-state index in [9.17, 15) is 30.8 Å². The van der Waals surface area contributed by atoms with E-state index in [1.807, 2.05) is 32.0 Å². The first kappa shape index (κ1) is 26.6. The van der Waals surface area contributed by atoms with Gasteiger partial charge in [-0.1, -0.05) is 24.3 Å². The summed E-state index contributed by atoms with van der Waals surface area (Å²) in [6, 6.07) is 13.0. The van der Waals surface area contributed by atoms with Crippen LogP contribution in [0.15, 0.2) is 65.6 Å². The SMILES string of the molecule is Cc1ccc(C)c(N2CCN(S(=O)(=O)c3ccc(F)c(C(=O)Nc4ccccc4C(F)(F)F)c3)CC2)c1. The third kappa shape index (κ3) is 5.62. The maximum atomic E-state index is 14.5. The van der Waals surface area contributed by atoms with Crippen molar-refractivity contribution in [1.29, 1.82) is 0 Å². The predicted molar refractivity (Wildman–Crippen MR) is 133 cm³/mol. The Bertz CT molecular complexity index is 1430. The molecule has 1 heterocycles. The molecule has 37 heavy (non-hydrogen) atoms. The Morgan fingerprint density at radius 1 is 0.919 bits per heavy atom. The molecule has 0 aromatic heterocycles. The minimum atomic E-state index is -4.74. The number of aryl methyl sites for hydroxylation is 2. The van der Waals surface area contributed by atoms with Crippen LogP contribution in [0.25, 0.3) is 0 Å². The van der Waals surface area contributed by atoms with E-state index in [0.29, 0.717) is 13.1 Å². The second-order valence-electron chi connectivity index (χ2n) is 8.82. The molecule has 6 nitrogen and oxygen atoms in total. The summed E-state index contributed by atoms with van der Waals surface area (Å²) in [6.07, 6.45) is -4.74. The van der Waals surface area contributed by atoms with E-state index < -0.39 is 44.7 Å². The number of carbonyl (C=O) groups is 1. The van der Waals surface area contributed by atoms with E-state index in [1.165, 1.54) is 10.4 Å². The molecule has 196 valence electrons. The van der Waals surface area contributed by atoms with Crippen molar-refractivity contribution in [2.75, 3.05) is 36.4 Å². The lowest BCUT2D eigenvalue weighted by Gasteiger charge is -2.36. The van der Waals surface area contributed by atoms with Crippen LogP contribution >= 0.6 is 0 Å². The topological polar surface area (TPSA) is 69.7 Å². The number of anilines is 2. The Morgan fingerprint density at radius 3 is 2.27 bits per heavy atom. The molecule has 1 N–H and O–H groups in total. The first-order valence-electron chi connectivity index (χ1n) is 11.5. The molecule has 1 fully saturated rings. The van der Waals surface area contributed by atoms with Gasteiger partial charge in [-0.05, 0) is 61.4 Å². The van der Waals surface area contributed by atoms with E-state index in [1.54, 1.807) is 0 Å². The van der Waals surface area contributed by atoms with E-state index in [4.69, 9.17) is 0 Å². The van der Waals surface area contributed by atoms with Crippen molar-refractivity contribution in [2.45, 2.75) is 24.9 Å². The number of carbonyl (C=O) groups excluding carboxylic acids is 1. The van der Waals surface area contributed by atoms with Gasteiger partial charge < -0.3 is 10.2 Å². The van der Waals surface area contributed by atoms with Crippen LogP contribution in [0, 0.1) is 19.7 Å². The molecule has 1 saturated heterocycles. The fourth-order valence-corrected chi connectivity index (χ4v) is 5.70. The molecule has 3 aromatic rings. The van der Waals surface area contributed by atoms with Gasteiger partial charge in [0.25, 0.3) is 5.91 Å². The van der Waals surface area contributed by atoms with Crippen molar-refractivity contribution < 1.29 is 30.8 Å². The van der Waals surface area contributed by atoms with Crippen LogP contribution in [0.1, 0.15) is 27.0 Å². The average molecular weight is 536 g/mol. The number of hydrogen-bond acceptors (Lipinski definition) is 4. The molecule has 0 bridgehead atoms. The normalized spacial score (nSPS) is 15.0. The summed E-state index contributed by atoms with van der Waals surface area (Å²) in [5.41, 5.74) is 0.849. The minimum absolute atomic E-state index is 0.174. The predicted octanol–water partition coefficient (Wildman–Crippen LogP) is 5.22. The molecule has 1 aliphatic rings. The summed E-state index contributed by atoms with van der Waals surface area (Å²) in [6.45, 7) is 5.18. The molecule has 3 aromatic carbocycles. The van der Waals surface area contributed by atoms with Crippen LogP contribution in [0.3, 0.4) is 0 Å². The maximum absolute atomic E-state index is 14.5. The molecule has 0 spiro atoms. The minimum Gasteiger partial charge on any atom is -0.369 e. The number of piperazine rings is 1. The van der Waals surface area contributed by atoms with Gasteiger partial charge in [0.15, 0.2) is 0 Å². The number of nitrogens with one attached hydrogen (secondary N) is 1. The first-order chi connectivity index (χ1) is 17.4. The maximum Gasteiger partial charge on any atom is 0.418 e. The highest BCUT2D eigenvalue weighted by molar-refractivity contribution is 7.89. The number of hydrogen-bond donors (Lipinski definition) is 1. The Hall–Kier alpha value is -3.44. The van der Waals surface area contributed by atoms with Crippen LogP contribution < -0.4 is 10.2 Å². The second-order valence-corrected chi connectivity index (χ2v) is 10.8. The second kappa shape index (κ2) is 10.1. The van der Waals surface area contributed by atoms with E-state index in [-0.39, 0.29) is 18.0 Å². The van der Waals surface area contributed by atoms with Gasteiger partial charge in [-0.25, -0.2) is 12.8 Å². The summed E-state index contributed by atoms with van der Waals surface area (Å²) < 4.78 is 82.1. The summed E-state index contributed by atoms with van der Waals surface area (Å²) in [5.74, 6) is -2.24. The van der Waals surface area contributed by atoms with Crippen molar-refractivity contribution in [3.63, 3.8) is 0 Å². The molecule has 0 saturated carbocycles. The van der Waals surface area contributed by atoms with Crippen molar-refractivity contribution in [2.24, 2.45) is 0 Å². The molecular weight excluding hydrogens is 510 g/mol. The van der Waals surface area contributed by atoms with E-state index >= 15 is 0 Å². The Morgan fingerprint density at radius 2 is 1.59 bits per heavy atom. The number of amides is 1. The summed E-state index contributed by atoms with van der Waals surface area (Å²) in [7, 11) is -4.08. The highest BCUT2D eigenvalue weighted by Crippen LogP contribution is 2.35. The monoisotopic (exact) mass is 535 g/mol. The van der Waals surface area contributed by atoms with Gasteiger partial charge in [0, 0.05) is 31.9 Å². The van der Waals surface area contributed by atoms with Gasteiger partial charge in [0.1, 0.15) is 5.82 Å². The standard InChI is InChI=1S/C26H25F4N3O3S/c1-17-7-8-18(2)24(15-17)32-11-13-33(14-12-32)37(35,36)19-9-10-22(27)20(16-19)25(34)31-23-6-4-3-5-21(23)26(28,29)30/h3-10,15-16H,11-14H2,1-2H3,(H,31,34). The van der Waals surface area contributed by atoms with Gasteiger partial charge in [-0.3, -0.25) is 4.79 Å². The molecular formula is C26H25F4N3O3S. The highest BCUT2D eigenvalue weighted by Gasteiger charge is 2.34. The number of benzene rings is 3. The van der Waals surface area contributed by atoms with Crippen LogP contribution in [0.4, 0.5) is 28.9 Å². The third-order valence-electron chi connectivity index (χ3n) is 6.24.